The Hall–Kier alpha value is -1.75. The van der Waals surface area contributed by atoms with Crippen molar-refractivity contribution in [1.82, 2.24) is 5.32 Å². The first-order valence-corrected chi connectivity index (χ1v) is 5.78. The van der Waals surface area contributed by atoms with E-state index in [0.717, 1.165) is 5.69 Å². The van der Waals surface area contributed by atoms with E-state index < -0.39 is 0 Å². The van der Waals surface area contributed by atoms with E-state index in [4.69, 9.17) is 10.5 Å². The van der Waals surface area contributed by atoms with Crippen molar-refractivity contribution in [3.05, 3.63) is 23.8 Å². The van der Waals surface area contributed by atoms with Crippen LogP contribution in [0.4, 0.5) is 11.4 Å². The molecule has 1 aromatic carbocycles. The summed E-state index contributed by atoms with van der Waals surface area (Å²) >= 11 is 0. The van der Waals surface area contributed by atoms with Crippen LogP contribution in [0.3, 0.4) is 0 Å². The second-order valence-corrected chi connectivity index (χ2v) is 4.82. The quantitative estimate of drug-likeness (QED) is 0.693. The van der Waals surface area contributed by atoms with E-state index in [-0.39, 0.29) is 11.4 Å². The van der Waals surface area contributed by atoms with Gasteiger partial charge in [0.25, 0.3) is 5.91 Å². The monoisotopic (exact) mass is 251 g/mol. The first kappa shape index (κ1) is 14.3. The van der Waals surface area contributed by atoms with Crippen molar-refractivity contribution in [1.29, 1.82) is 0 Å². The van der Waals surface area contributed by atoms with Gasteiger partial charge in [-0.05, 0) is 32.0 Å². The molecule has 0 atom stereocenters. The largest absolute Gasteiger partial charge is 0.397 e. The molecule has 1 aromatic rings. The molecule has 0 fully saturated rings. The van der Waals surface area contributed by atoms with Gasteiger partial charge in [0.15, 0.2) is 0 Å². The van der Waals surface area contributed by atoms with Crippen LogP contribution in [0.25, 0.3) is 0 Å². The molecule has 5 heteroatoms. The normalized spacial score (nSPS) is 11.1. The van der Waals surface area contributed by atoms with Crippen LogP contribution in [-0.4, -0.2) is 32.2 Å². The lowest BCUT2D eigenvalue weighted by atomic mass is 10.1. The van der Waals surface area contributed by atoms with E-state index in [1.807, 2.05) is 13.8 Å². The van der Waals surface area contributed by atoms with Crippen molar-refractivity contribution in [3.63, 3.8) is 0 Å². The van der Waals surface area contributed by atoms with Crippen LogP contribution < -0.4 is 16.4 Å². The van der Waals surface area contributed by atoms with Gasteiger partial charge in [-0.3, -0.25) is 4.79 Å². The molecular formula is C13H21N3O2. The summed E-state index contributed by atoms with van der Waals surface area (Å²) in [7, 11) is 3.24. The first-order valence-electron chi connectivity index (χ1n) is 5.78. The maximum Gasteiger partial charge on any atom is 0.251 e. The van der Waals surface area contributed by atoms with Gasteiger partial charge in [-0.25, -0.2) is 0 Å². The van der Waals surface area contributed by atoms with Crippen molar-refractivity contribution in [2.75, 3.05) is 31.8 Å². The van der Waals surface area contributed by atoms with Crippen LogP contribution in [0.5, 0.6) is 0 Å². The van der Waals surface area contributed by atoms with Gasteiger partial charge < -0.3 is 21.1 Å². The van der Waals surface area contributed by atoms with Crippen LogP contribution in [-0.2, 0) is 4.74 Å². The van der Waals surface area contributed by atoms with E-state index in [9.17, 15) is 4.79 Å². The van der Waals surface area contributed by atoms with Gasteiger partial charge in [-0.1, -0.05) is 0 Å². The van der Waals surface area contributed by atoms with Crippen LogP contribution in [0.1, 0.15) is 24.2 Å². The molecule has 0 aliphatic rings. The maximum absolute atomic E-state index is 11.5. The molecule has 0 radical (unpaired) electrons. The molecule has 4 N–H and O–H groups in total. The number of carbonyl (C=O) groups excluding carboxylic acids is 1. The van der Waals surface area contributed by atoms with E-state index in [1.54, 1.807) is 32.4 Å². The van der Waals surface area contributed by atoms with E-state index in [1.165, 1.54) is 0 Å². The Balaban J connectivity index is 2.89. The molecule has 0 saturated carbocycles. The molecule has 0 aromatic heterocycles. The maximum atomic E-state index is 11.5. The van der Waals surface area contributed by atoms with Gasteiger partial charge in [-0.2, -0.15) is 0 Å². The Labute approximate surface area is 108 Å². The SMILES string of the molecule is CNC(=O)c1ccc(NC(C)(C)COC)c(N)c1. The Morgan fingerprint density at radius 2 is 2.11 bits per heavy atom. The number of rotatable bonds is 5. The molecule has 1 rings (SSSR count). The topological polar surface area (TPSA) is 76.4 Å². The fourth-order valence-corrected chi connectivity index (χ4v) is 1.72. The molecule has 0 aliphatic carbocycles. The number of anilines is 2. The van der Waals surface area contributed by atoms with Gasteiger partial charge in [0.05, 0.1) is 23.5 Å². The lowest BCUT2D eigenvalue weighted by molar-refractivity contribution is 0.0963. The molecule has 100 valence electrons. The lowest BCUT2D eigenvalue weighted by Crippen LogP contribution is -2.36. The van der Waals surface area contributed by atoms with Crippen molar-refractivity contribution in [2.24, 2.45) is 0 Å². The molecule has 0 aliphatic heterocycles. The highest BCUT2D eigenvalue weighted by atomic mass is 16.5. The fourth-order valence-electron chi connectivity index (χ4n) is 1.72. The third-order valence-electron chi connectivity index (χ3n) is 2.52. The summed E-state index contributed by atoms with van der Waals surface area (Å²) in [5.74, 6) is -0.149. The van der Waals surface area contributed by atoms with Gasteiger partial charge in [0, 0.05) is 19.7 Å². The lowest BCUT2D eigenvalue weighted by Gasteiger charge is -2.27. The Bertz CT molecular complexity index is 430. The van der Waals surface area contributed by atoms with E-state index >= 15 is 0 Å². The number of nitrogens with one attached hydrogen (secondary N) is 2. The fraction of sp³-hybridized carbons (Fsp3) is 0.462. The predicted octanol–water partition coefficient (Wildman–Crippen LogP) is 1.47. The summed E-state index contributed by atoms with van der Waals surface area (Å²) in [6.07, 6.45) is 0. The Morgan fingerprint density at radius 3 is 2.61 bits per heavy atom. The van der Waals surface area contributed by atoms with Crippen LogP contribution >= 0.6 is 0 Å². The van der Waals surface area contributed by atoms with Gasteiger partial charge in [0.2, 0.25) is 0 Å². The van der Waals surface area contributed by atoms with E-state index in [2.05, 4.69) is 10.6 Å². The molecule has 0 spiro atoms. The van der Waals surface area contributed by atoms with Crippen LogP contribution in [0.2, 0.25) is 0 Å². The zero-order valence-electron chi connectivity index (χ0n) is 11.3. The number of hydrogen-bond acceptors (Lipinski definition) is 4. The van der Waals surface area contributed by atoms with E-state index in [0.29, 0.717) is 17.9 Å². The number of hydrogen-bond donors (Lipinski definition) is 3. The minimum atomic E-state index is -0.225. The molecule has 1 amide bonds. The smallest absolute Gasteiger partial charge is 0.251 e. The Kier molecular flexibility index (Phi) is 4.55. The third-order valence-corrected chi connectivity index (χ3v) is 2.52. The number of amides is 1. The van der Waals surface area contributed by atoms with Crippen LogP contribution in [0, 0.1) is 0 Å². The number of carbonyl (C=O) groups is 1. The van der Waals surface area contributed by atoms with Crippen molar-refractivity contribution in [3.8, 4) is 0 Å². The summed E-state index contributed by atoms with van der Waals surface area (Å²) in [6.45, 7) is 4.59. The average Bonchev–Trinajstić information content (AvgIpc) is 2.30. The summed E-state index contributed by atoms with van der Waals surface area (Å²) in [5, 5.41) is 5.85. The van der Waals surface area contributed by atoms with Crippen LogP contribution in [0.15, 0.2) is 18.2 Å². The zero-order chi connectivity index (χ0) is 13.8. The predicted molar refractivity (Wildman–Crippen MR) is 73.8 cm³/mol. The summed E-state index contributed by atoms with van der Waals surface area (Å²) in [4.78, 5) is 11.5. The number of ether oxygens (including phenoxy) is 1. The average molecular weight is 251 g/mol. The zero-order valence-corrected chi connectivity index (χ0v) is 11.3. The molecule has 0 heterocycles. The minimum absolute atomic E-state index is 0.149. The van der Waals surface area contributed by atoms with Gasteiger partial charge >= 0.3 is 0 Å². The number of nitrogens with two attached hydrogens (primary N) is 1. The third kappa shape index (κ3) is 3.63. The summed E-state index contributed by atoms with van der Waals surface area (Å²) < 4.78 is 5.13. The standard InChI is InChI=1S/C13H21N3O2/c1-13(2,8-18-4)16-11-6-5-9(7-10(11)14)12(17)15-3/h5-7,16H,8,14H2,1-4H3,(H,15,17). The van der Waals surface area contributed by atoms with Crippen molar-refractivity contribution in [2.45, 2.75) is 19.4 Å². The number of nitrogen functional groups attached to an aromatic ring is 1. The Morgan fingerprint density at radius 1 is 1.44 bits per heavy atom. The van der Waals surface area contributed by atoms with Gasteiger partial charge in [-0.15, -0.1) is 0 Å². The summed E-state index contributed by atoms with van der Waals surface area (Å²) in [6, 6.07) is 5.20. The molecular weight excluding hydrogens is 230 g/mol. The highest BCUT2D eigenvalue weighted by molar-refractivity contribution is 5.95. The highest BCUT2D eigenvalue weighted by Crippen LogP contribution is 2.23. The molecule has 0 unspecified atom stereocenters. The number of methoxy groups -OCH3 is 1. The minimum Gasteiger partial charge on any atom is -0.397 e. The second kappa shape index (κ2) is 5.73. The second-order valence-electron chi connectivity index (χ2n) is 4.82. The molecule has 0 saturated heterocycles. The van der Waals surface area contributed by atoms with Crippen molar-refractivity contribution < 1.29 is 9.53 Å². The molecule has 18 heavy (non-hydrogen) atoms. The number of benzene rings is 1. The summed E-state index contributed by atoms with van der Waals surface area (Å²) in [5.41, 5.74) is 7.59. The molecule has 5 nitrogen and oxygen atoms in total. The highest BCUT2D eigenvalue weighted by Gasteiger charge is 2.18. The molecule has 0 bridgehead atoms. The first-order chi connectivity index (χ1) is 8.39. The van der Waals surface area contributed by atoms with Crippen molar-refractivity contribution >= 4 is 17.3 Å². The van der Waals surface area contributed by atoms with Gasteiger partial charge in [0.1, 0.15) is 0 Å².